The molecule has 0 bridgehead atoms. The molecule has 17 heteroatoms. The summed E-state index contributed by atoms with van der Waals surface area (Å²) in [5.74, 6) is -2.97. The van der Waals surface area contributed by atoms with Gasteiger partial charge in [0, 0.05) is 17.0 Å². The summed E-state index contributed by atoms with van der Waals surface area (Å²) in [6.45, 7) is 6.38. The number of esters is 1. The van der Waals surface area contributed by atoms with Crippen LogP contribution >= 0.6 is 11.3 Å². The number of phenols is 1. The fourth-order valence-corrected chi connectivity index (χ4v) is 6.01. The van der Waals surface area contributed by atoms with E-state index in [4.69, 9.17) is 19.4 Å². The van der Waals surface area contributed by atoms with Gasteiger partial charge in [-0.15, -0.1) is 0 Å². The first kappa shape index (κ1) is 40.7. The van der Waals surface area contributed by atoms with Gasteiger partial charge in [0.25, 0.3) is 0 Å². The van der Waals surface area contributed by atoms with Gasteiger partial charge < -0.3 is 40.4 Å². The molecule has 0 radical (unpaired) electrons. The summed E-state index contributed by atoms with van der Waals surface area (Å²) in [5, 5.41) is 27.0. The number of hydrogen-bond acceptors (Lipinski definition) is 9. The predicted molar refractivity (Wildman–Crippen MR) is 190 cm³/mol. The highest BCUT2D eigenvalue weighted by Crippen LogP contribution is 2.20. The van der Waals surface area contributed by atoms with E-state index in [1.165, 1.54) is 12.1 Å². The van der Waals surface area contributed by atoms with Gasteiger partial charge in [-0.05, 0) is 80.4 Å². The number of carbonyl (C=O) groups excluding carboxylic acids is 4. The fourth-order valence-electron chi connectivity index (χ4n) is 5.05. The minimum atomic E-state index is -5.19. The van der Waals surface area contributed by atoms with Crippen molar-refractivity contribution in [3.63, 3.8) is 0 Å². The Morgan fingerprint density at radius 1 is 0.981 bits per heavy atom. The Morgan fingerprint density at radius 3 is 2.26 bits per heavy atom. The van der Waals surface area contributed by atoms with E-state index in [2.05, 4.69) is 31.8 Å². The number of carbonyl (C=O) groups is 4. The van der Waals surface area contributed by atoms with Crippen molar-refractivity contribution >= 4 is 45.9 Å². The van der Waals surface area contributed by atoms with Crippen LogP contribution in [0.4, 0.5) is 23.7 Å². The third-order valence-corrected chi connectivity index (χ3v) is 8.57. The van der Waals surface area contributed by atoms with Crippen LogP contribution in [-0.2, 0) is 33.8 Å². The number of thiazole rings is 1. The largest absolute Gasteiger partial charge is 0.542 e. The number of aryl methyl sites for hydroxylation is 1. The van der Waals surface area contributed by atoms with E-state index in [0.717, 1.165) is 32.4 Å². The van der Waals surface area contributed by atoms with Crippen LogP contribution in [0.5, 0.6) is 11.5 Å². The van der Waals surface area contributed by atoms with Gasteiger partial charge in [0.15, 0.2) is 5.69 Å². The lowest BCUT2D eigenvalue weighted by atomic mass is 10.0. The smallest absolute Gasteiger partial charge is 0.430 e. The molecule has 5 aromatic rings. The molecule has 3 aromatic carbocycles. The number of anilines is 1. The average molecular weight is 770 g/mol. The highest BCUT2D eigenvalue weighted by Gasteiger charge is 2.29. The molecule has 0 unspecified atom stereocenters. The molecule has 0 spiro atoms. The maximum Gasteiger partial charge on any atom is 0.430 e. The van der Waals surface area contributed by atoms with Crippen LogP contribution in [0.2, 0.25) is 0 Å². The van der Waals surface area contributed by atoms with Crippen molar-refractivity contribution in [1.29, 1.82) is 0 Å². The summed E-state index contributed by atoms with van der Waals surface area (Å²) in [5.41, 5.74) is 3.49. The van der Waals surface area contributed by atoms with E-state index < -0.39 is 30.2 Å². The third-order valence-electron chi connectivity index (χ3n) is 7.53. The lowest BCUT2D eigenvalue weighted by molar-refractivity contribution is -0.506. The predicted octanol–water partition coefficient (Wildman–Crippen LogP) is 4.27. The number of aliphatic carboxylic acids is 1. The minimum absolute atomic E-state index is 0.102. The van der Waals surface area contributed by atoms with Crippen LogP contribution in [0.1, 0.15) is 45.9 Å². The number of carboxylic acid groups (broad SMARTS) is 1. The zero-order valence-corrected chi connectivity index (χ0v) is 30.4. The average Bonchev–Trinajstić information content (AvgIpc) is 3.63. The van der Waals surface area contributed by atoms with Crippen LogP contribution in [0, 0.1) is 6.92 Å². The van der Waals surface area contributed by atoms with Gasteiger partial charge in [0.2, 0.25) is 5.91 Å². The number of amides is 3. The molecule has 0 saturated carbocycles. The van der Waals surface area contributed by atoms with Crippen LogP contribution in [0.15, 0.2) is 85.2 Å². The van der Waals surface area contributed by atoms with E-state index in [0.29, 0.717) is 17.8 Å². The topological polar surface area (TPSA) is 175 Å². The second kappa shape index (κ2) is 18.1. The molecule has 0 aliphatic rings. The maximum atomic E-state index is 13.7. The van der Waals surface area contributed by atoms with Gasteiger partial charge in [0.1, 0.15) is 42.4 Å². The molecule has 286 valence electrons. The van der Waals surface area contributed by atoms with Crippen molar-refractivity contribution in [3.8, 4) is 11.5 Å². The van der Waals surface area contributed by atoms with Crippen molar-refractivity contribution in [2.75, 3.05) is 12.4 Å². The summed E-state index contributed by atoms with van der Waals surface area (Å²) >= 11 is 1.66. The van der Waals surface area contributed by atoms with Gasteiger partial charge >= 0.3 is 23.1 Å². The number of phenolic OH excluding ortho intramolecular Hbond substituents is 1. The lowest BCUT2D eigenvalue weighted by Gasteiger charge is -2.19. The molecule has 54 heavy (non-hydrogen) atoms. The number of rotatable bonds is 12. The number of methoxy groups -OCH3 is 1. The molecule has 5 rings (SSSR count). The Bertz CT molecular complexity index is 2080. The number of fused-ring (bicyclic) bond motifs is 1. The number of carboxylic acids is 1. The zero-order chi connectivity index (χ0) is 39.6. The monoisotopic (exact) mass is 769 g/mol. The molecule has 13 nitrogen and oxygen atoms in total. The second-order valence-electron chi connectivity index (χ2n) is 12.1. The second-order valence-corrected chi connectivity index (χ2v) is 13.4. The number of aromatic hydroxyl groups is 1. The first-order valence-electron chi connectivity index (χ1n) is 16.4. The van der Waals surface area contributed by atoms with Crippen LogP contribution in [-0.4, -0.2) is 59.0 Å². The molecule has 0 saturated heterocycles. The van der Waals surface area contributed by atoms with Gasteiger partial charge in [-0.1, -0.05) is 35.6 Å². The molecule has 0 fully saturated rings. The van der Waals surface area contributed by atoms with Gasteiger partial charge in [0.05, 0.1) is 25.3 Å². The van der Waals surface area contributed by atoms with E-state index >= 15 is 0 Å². The highest BCUT2D eigenvalue weighted by molar-refractivity contribution is 7.16. The Labute approximate surface area is 312 Å². The zero-order valence-electron chi connectivity index (χ0n) is 29.6. The standard InChI is InChI=1S/C35H37N5O6S.C2HF3O2/c1-22(2)46-33(43)26-10-12-27(13-11-26)37-34(44)38-31(17-24-8-14-29(41)15-9-24)32(42)36-18-28-21-39-19-23(3)47-35(39)40(28)20-25-6-5-7-30(16-25)45-4;3-2(4,5)1(6)7/h5-16,19,21-22,31H,17-18,20H2,1-4H3,(H3-,36,37,38,41,42,43,44);(H,6,7)/t31-;/m0./s1. The number of ether oxygens (including phenoxy) is 2. The van der Waals surface area contributed by atoms with Gasteiger partial charge in [-0.3, -0.25) is 4.79 Å². The minimum Gasteiger partial charge on any atom is -0.542 e. The molecular weight excluding hydrogens is 731 g/mol. The normalized spacial score (nSPS) is 11.6. The summed E-state index contributed by atoms with van der Waals surface area (Å²) in [7, 11) is 1.64. The van der Waals surface area contributed by atoms with E-state index in [9.17, 15) is 32.7 Å². The molecule has 4 N–H and O–H groups in total. The van der Waals surface area contributed by atoms with Crippen molar-refractivity contribution in [2.45, 2.75) is 58.6 Å². The SMILES string of the molecule is COc1cccc(Cn2c(CNC(=O)[C@H](Cc3ccc(O)cc3)NC(=O)Nc3ccc(C(=O)OC(C)C)cc3)c[n+]3cc(C)sc23)c1.O=C([O-])C(F)(F)F. The number of nitrogens with one attached hydrogen (secondary N) is 3. The summed E-state index contributed by atoms with van der Waals surface area (Å²) in [6.07, 6.45) is -1.21. The van der Waals surface area contributed by atoms with Crippen molar-refractivity contribution in [1.82, 2.24) is 15.2 Å². The maximum absolute atomic E-state index is 13.7. The van der Waals surface area contributed by atoms with Gasteiger partial charge in [-0.2, -0.15) is 17.6 Å². The lowest BCUT2D eigenvalue weighted by Crippen LogP contribution is -2.49. The molecule has 0 aliphatic heterocycles. The number of imidazole rings is 1. The van der Waals surface area contributed by atoms with Crippen molar-refractivity contribution in [2.24, 2.45) is 0 Å². The number of alkyl halides is 3. The Kier molecular flexibility index (Phi) is 13.6. The number of aromatic nitrogens is 2. The molecular formula is C37H38F3N5O8S. The molecule has 0 aliphatic carbocycles. The number of urea groups is 1. The van der Waals surface area contributed by atoms with Crippen molar-refractivity contribution < 1.29 is 56.4 Å². The van der Waals surface area contributed by atoms with E-state index in [1.807, 2.05) is 36.7 Å². The first-order valence-corrected chi connectivity index (χ1v) is 17.2. The number of hydrogen-bond donors (Lipinski definition) is 4. The summed E-state index contributed by atoms with van der Waals surface area (Å²) in [6, 6.07) is 19.1. The molecule has 2 heterocycles. The number of nitrogens with zero attached hydrogens (tertiary/aromatic N) is 2. The van der Waals surface area contributed by atoms with E-state index in [-0.39, 0.29) is 30.7 Å². The Morgan fingerprint density at radius 2 is 1.65 bits per heavy atom. The molecule has 1 atom stereocenters. The summed E-state index contributed by atoms with van der Waals surface area (Å²) in [4.78, 5) is 49.9. The van der Waals surface area contributed by atoms with Gasteiger partial charge in [-0.25, -0.2) is 14.2 Å². The van der Waals surface area contributed by atoms with E-state index in [1.54, 1.807) is 68.7 Å². The fraction of sp³-hybridized carbons (Fsp3) is 0.270. The third kappa shape index (κ3) is 11.7. The van der Waals surface area contributed by atoms with Crippen LogP contribution in [0.25, 0.3) is 4.96 Å². The Hall–Kier alpha value is -6.10. The Balaban J connectivity index is 0.000000845. The molecule has 2 aromatic heterocycles. The number of benzene rings is 3. The first-order chi connectivity index (χ1) is 25.5. The highest BCUT2D eigenvalue weighted by atomic mass is 32.1. The molecule has 3 amide bonds. The summed E-state index contributed by atoms with van der Waals surface area (Å²) < 4.78 is 46.4. The van der Waals surface area contributed by atoms with Crippen LogP contribution < -0.4 is 30.2 Å². The van der Waals surface area contributed by atoms with Crippen molar-refractivity contribution in [3.05, 3.63) is 112 Å². The number of halogens is 3. The van der Waals surface area contributed by atoms with Crippen LogP contribution in [0.3, 0.4) is 0 Å². The quantitative estimate of drug-likeness (QED) is 0.108.